The van der Waals surface area contributed by atoms with Gasteiger partial charge in [-0.25, -0.2) is 4.98 Å². The van der Waals surface area contributed by atoms with Crippen molar-refractivity contribution in [3.05, 3.63) is 29.5 Å². The summed E-state index contributed by atoms with van der Waals surface area (Å²) < 4.78 is 0. The van der Waals surface area contributed by atoms with Crippen molar-refractivity contribution >= 4 is 28.1 Å². The first-order chi connectivity index (χ1) is 8.24. The van der Waals surface area contributed by atoms with E-state index in [0.29, 0.717) is 0 Å². The second-order valence-corrected chi connectivity index (χ2v) is 6.41. The van der Waals surface area contributed by atoms with E-state index in [1.54, 1.807) is 11.3 Å². The van der Waals surface area contributed by atoms with Gasteiger partial charge in [-0.1, -0.05) is 17.4 Å². The standard InChI is InChI=1S/C13H14N2S2/c1-8-12(14)17-13(15-8)10-4-5-11-9(7-10)3-2-6-16-11/h4-5,7H,2-3,6,14H2,1H3. The van der Waals surface area contributed by atoms with E-state index in [4.69, 9.17) is 5.73 Å². The molecule has 88 valence electrons. The van der Waals surface area contributed by atoms with Gasteiger partial charge in [-0.3, -0.25) is 0 Å². The Morgan fingerprint density at radius 3 is 3.00 bits per heavy atom. The first-order valence-electron chi connectivity index (χ1n) is 5.73. The van der Waals surface area contributed by atoms with Gasteiger partial charge in [0.05, 0.1) is 5.69 Å². The highest BCUT2D eigenvalue weighted by Crippen LogP contribution is 2.35. The van der Waals surface area contributed by atoms with Crippen LogP contribution in [0.15, 0.2) is 23.1 Å². The van der Waals surface area contributed by atoms with E-state index in [1.807, 2.05) is 18.7 Å². The Morgan fingerprint density at radius 2 is 2.24 bits per heavy atom. The fourth-order valence-corrected chi connectivity index (χ4v) is 3.87. The monoisotopic (exact) mass is 262 g/mol. The molecule has 0 bridgehead atoms. The number of anilines is 1. The van der Waals surface area contributed by atoms with Crippen LogP contribution in [0.4, 0.5) is 5.00 Å². The number of fused-ring (bicyclic) bond motifs is 1. The Balaban J connectivity index is 2.03. The molecule has 2 aromatic rings. The molecule has 3 rings (SSSR count). The van der Waals surface area contributed by atoms with Crippen LogP contribution in [0, 0.1) is 6.92 Å². The van der Waals surface area contributed by atoms with Crippen LogP contribution < -0.4 is 5.73 Å². The van der Waals surface area contributed by atoms with Crippen molar-refractivity contribution in [1.29, 1.82) is 0 Å². The van der Waals surface area contributed by atoms with Gasteiger partial charge < -0.3 is 5.73 Å². The number of hydrogen-bond donors (Lipinski definition) is 1. The zero-order valence-corrected chi connectivity index (χ0v) is 11.3. The number of nitrogen functional groups attached to an aromatic ring is 1. The molecular formula is C13H14N2S2. The molecule has 0 amide bonds. The van der Waals surface area contributed by atoms with Crippen LogP contribution >= 0.6 is 23.1 Å². The number of benzene rings is 1. The summed E-state index contributed by atoms with van der Waals surface area (Å²) in [7, 11) is 0. The fraction of sp³-hybridized carbons (Fsp3) is 0.308. The van der Waals surface area contributed by atoms with E-state index in [9.17, 15) is 0 Å². The summed E-state index contributed by atoms with van der Waals surface area (Å²) in [6, 6.07) is 6.66. The lowest BCUT2D eigenvalue weighted by Gasteiger charge is -2.15. The molecule has 1 aromatic heterocycles. The van der Waals surface area contributed by atoms with Gasteiger partial charge >= 0.3 is 0 Å². The molecule has 0 atom stereocenters. The minimum absolute atomic E-state index is 0.826. The lowest BCUT2D eigenvalue weighted by molar-refractivity contribution is 0.890. The summed E-state index contributed by atoms with van der Waals surface area (Å²) in [5.41, 5.74) is 9.48. The van der Waals surface area contributed by atoms with Gasteiger partial charge in [-0.2, -0.15) is 0 Å². The highest BCUT2D eigenvalue weighted by Gasteiger charge is 2.12. The predicted octanol–water partition coefficient (Wildman–Crippen LogP) is 3.74. The van der Waals surface area contributed by atoms with Crippen molar-refractivity contribution in [2.45, 2.75) is 24.7 Å². The summed E-state index contributed by atoms with van der Waals surface area (Å²) in [5, 5.41) is 1.87. The van der Waals surface area contributed by atoms with Gasteiger partial charge in [-0.05, 0) is 43.2 Å². The second-order valence-electron chi connectivity index (χ2n) is 4.24. The van der Waals surface area contributed by atoms with E-state index < -0.39 is 0 Å². The number of aryl methyl sites for hydroxylation is 2. The van der Waals surface area contributed by atoms with Gasteiger partial charge in [0.1, 0.15) is 10.0 Å². The van der Waals surface area contributed by atoms with Crippen LogP contribution in [0.1, 0.15) is 17.7 Å². The average Bonchev–Trinajstić information content (AvgIpc) is 2.69. The zero-order chi connectivity index (χ0) is 11.8. The molecule has 2 nitrogen and oxygen atoms in total. The molecule has 0 saturated carbocycles. The fourth-order valence-electron chi connectivity index (χ4n) is 2.03. The van der Waals surface area contributed by atoms with Crippen molar-refractivity contribution in [1.82, 2.24) is 4.98 Å². The van der Waals surface area contributed by atoms with E-state index in [2.05, 4.69) is 23.2 Å². The van der Waals surface area contributed by atoms with Crippen LogP contribution in [0.2, 0.25) is 0 Å². The number of hydrogen-bond acceptors (Lipinski definition) is 4. The van der Waals surface area contributed by atoms with E-state index in [-0.39, 0.29) is 0 Å². The first kappa shape index (κ1) is 11.1. The van der Waals surface area contributed by atoms with Crippen molar-refractivity contribution in [3.63, 3.8) is 0 Å². The quantitative estimate of drug-likeness (QED) is 0.851. The Kier molecular flexibility index (Phi) is 2.84. The molecule has 0 unspecified atom stereocenters. The highest BCUT2D eigenvalue weighted by atomic mass is 32.2. The molecular weight excluding hydrogens is 248 g/mol. The predicted molar refractivity (Wildman–Crippen MR) is 75.7 cm³/mol. The maximum atomic E-state index is 5.87. The SMILES string of the molecule is Cc1nc(-c2ccc3c(c2)CCCS3)sc1N. The maximum Gasteiger partial charge on any atom is 0.125 e. The lowest BCUT2D eigenvalue weighted by Crippen LogP contribution is -1.98. The molecule has 2 heterocycles. The van der Waals surface area contributed by atoms with Gasteiger partial charge in [0.15, 0.2) is 0 Å². The van der Waals surface area contributed by atoms with Crippen molar-refractivity contribution in [3.8, 4) is 10.6 Å². The summed E-state index contributed by atoms with van der Waals surface area (Å²) in [6.45, 7) is 1.96. The first-order valence-corrected chi connectivity index (χ1v) is 7.53. The van der Waals surface area contributed by atoms with Gasteiger partial charge in [0, 0.05) is 10.5 Å². The normalized spacial score (nSPS) is 14.6. The highest BCUT2D eigenvalue weighted by molar-refractivity contribution is 7.99. The number of nitrogens with two attached hydrogens (primary N) is 1. The largest absolute Gasteiger partial charge is 0.389 e. The Hall–Kier alpha value is -1.00. The van der Waals surface area contributed by atoms with Gasteiger partial charge in [0.2, 0.25) is 0 Å². The molecule has 0 spiro atoms. The van der Waals surface area contributed by atoms with E-state index in [0.717, 1.165) is 15.7 Å². The zero-order valence-electron chi connectivity index (χ0n) is 9.69. The topological polar surface area (TPSA) is 38.9 Å². The number of rotatable bonds is 1. The van der Waals surface area contributed by atoms with Crippen molar-refractivity contribution in [2.75, 3.05) is 11.5 Å². The van der Waals surface area contributed by atoms with Crippen LogP contribution in [0.25, 0.3) is 10.6 Å². The van der Waals surface area contributed by atoms with Crippen LogP contribution in [-0.2, 0) is 6.42 Å². The van der Waals surface area contributed by atoms with Gasteiger partial charge in [0.25, 0.3) is 0 Å². The summed E-state index contributed by atoms with van der Waals surface area (Å²) in [4.78, 5) is 5.95. The van der Waals surface area contributed by atoms with Gasteiger partial charge in [-0.15, -0.1) is 11.8 Å². The third-order valence-corrected chi connectivity index (χ3v) is 5.23. The molecule has 2 N–H and O–H groups in total. The molecule has 1 aliphatic rings. The average molecular weight is 262 g/mol. The minimum atomic E-state index is 0.826. The third kappa shape index (κ3) is 2.07. The molecule has 1 aromatic carbocycles. The number of aromatic nitrogens is 1. The maximum absolute atomic E-state index is 5.87. The molecule has 0 saturated heterocycles. The number of nitrogens with zero attached hydrogens (tertiary/aromatic N) is 1. The van der Waals surface area contributed by atoms with Crippen LogP contribution in [0.3, 0.4) is 0 Å². The van der Waals surface area contributed by atoms with Crippen molar-refractivity contribution < 1.29 is 0 Å². The Bertz CT molecular complexity index is 541. The summed E-state index contributed by atoms with van der Waals surface area (Å²) >= 11 is 3.54. The van der Waals surface area contributed by atoms with E-state index in [1.165, 1.54) is 34.6 Å². The molecule has 17 heavy (non-hydrogen) atoms. The van der Waals surface area contributed by atoms with Crippen LogP contribution in [0.5, 0.6) is 0 Å². The lowest BCUT2D eigenvalue weighted by atomic mass is 10.1. The Labute approximate surface area is 109 Å². The second kappa shape index (κ2) is 4.35. The number of thiazole rings is 1. The third-order valence-electron chi connectivity index (χ3n) is 2.99. The van der Waals surface area contributed by atoms with Crippen molar-refractivity contribution in [2.24, 2.45) is 0 Å². The van der Waals surface area contributed by atoms with E-state index >= 15 is 0 Å². The minimum Gasteiger partial charge on any atom is -0.389 e. The number of thioether (sulfide) groups is 1. The summed E-state index contributed by atoms with van der Waals surface area (Å²) in [5.74, 6) is 1.25. The summed E-state index contributed by atoms with van der Waals surface area (Å²) in [6.07, 6.45) is 2.47. The molecule has 1 aliphatic heterocycles. The Morgan fingerprint density at radius 1 is 1.35 bits per heavy atom. The molecule has 0 radical (unpaired) electrons. The molecule has 4 heteroatoms. The smallest absolute Gasteiger partial charge is 0.125 e. The molecule has 0 aliphatic carbocycles. The molecule has 0 fully saturated rings. The van der Waals surface area contributed by atoms with Crippen LogP contribution in [-0.4, -0.2) is 10.7 Å².